The third-order valence-electron chi connectivity index (χ3n) is 5.67. The molecule has 2 N–H and O–H groups in total. The van der Waals surface area contributed by atoms with E-state index < -0.39 is 21.9 Å². The van der Waals surface area contributed by atoms with Crippen molar-refractivity contribution >= 4 is 27.4 Å². The summed E-state index contributed by atoms with van der Waals surface area (Å²) in [6, 6.07) is 18.4. The number of aliphatic hydroxyl groups is 1. The number of benzene rings is 3. The first-order chi connectivity index (χ1) is 16.6. The number of sulfone groups is 1. The highest BCUT2D eigenvalue weighted by atomic mass is 35.5. The van der Waals surface area contributed by atoms with E-state index in [1.165, 1.54) is 18.2 Å². The fourth-order valence-electron chi connectivity index (χ4n) is 3.75. The lowest BCUT2D eigenvalue weighted by molar-refractivity contribution is 0.0525. The number of hydrogen-bond donors (Lipinski definition) is 2. The Bertz CT molecular complexity index is 1270. The normalized spacial score (nSPS) is 13.3. The molecule has 0 bridgehead atoms. The molecule has 35 heavy (non-hydrogen) atoms. The van der Waals surface area contributed by atoms with E-state index in [0.29, 0.717) is 29.1 Å². The molecule has 0 aromatic heterocycles. The number of esters is 1. The Morgan fingerprint density at radius 3 is 2.37 bits per heavy atom. The van der Waals surface area contributed by atoms with Gasteiger partial charge in [0.25, 0.3) is 0 Å². The van der Waals surface area contributed by atoms with Crippen LogP contribution >= 0.6 is 11.6 Å². The van der Waals surface area contributed by atoms with Crippen LogP contribution in [0.4, 0.5) is 0 Å². The van der Waals surface area contributed by atoms with Gasteiger partial charge in [-0.15, -0.1) is 0 Å². The minimum atomic E-state index is -3.73. The monoisotopic (exact) mass is 515 g/mol. The minimum absolute atomic E-state index is 0.0596. The van der Waals surface area contributed by atoms with Gasteiger partial charge < -0.3 is 15.2 Å². The van der Waals surface area contributed by atoms with Crippen molar-refractivity contribution in [3.05, 3.63) is 94.0 Å². The van der Waals surface area contributed by atoms with E-state index in [9.17, 15) is 18.3 Å². The maximum Gasteiger partial charge on any atom is 0.338 e. The molecule has 0 saturated carbocycles. The number of hydrogen-bond acceptors (Lipinski definition) is 6. The molecule has 0 aliphatic carbocycles. The molecule has 3 aromatic rings. The smallest absolute Gasteiger partial charge is 0.338 e. The Labute approximate surface area is 211 Å². The van der Waals surface area contributed by atoms with Crippen LogP contribution < -0.4 is 5.32 Å². The molecule has 0 radical (unpaired) electrons. The van der Waals surface area contributed by atoms with Crippen LogP contribution in [-0.4, -0.2) is 38.7 Å². The second-order valence-corrected chi connectivity index (χ2v) is 10.8. The van der Waals surface area contributed by atoms with Crippen molar-refractivity contribution in [3.8, 4) is 0 Å². The molecule has 0 unspecified atom stereocenters. The molecule has 0 saturated heterocycles. The average molecular weight is 516 g/mol. The number of aliphatic hydroxyl groups excluding tert-OH is 1. The van der Waals surface area contributed by atoms with E-state index in [1.807, 2.05) is 13.0 Å². The van der Waals surface area contributed by atoms with Crippen molar-refractivity contribution in [3.63, 3.8) is 0 Å². The van der Waals surface area contributed by atoms with Crippen LogP contribution in [0.25, 0.3) is 0 Å². The molecule has 3 rings (SSSR count). The molecule has 186 valence electrons. The lowest BCUT2D eigenvalue weighted by Crippen LogP contribution is -2.32. The van der Waals surface area contributed by atoms with Crippen molar-refractivity contribution < 1.29 is 23.1 Å². The molecule has 0 heterocycles. The standard InChI is InChI=1S/C27H30ClNO5S/c1-4-34-27(31)25-13-12-24(14-18(25)2)35(32,33)23-10-8-20(9-11-23)15-19(3)29-17-26(30)21-6-5-7-22(28)16-21/h5-14,16,19,26,29-30H,4,15,17H2,1-3H3/t19-,26-/m1/s1. The molecule has 8 heteroatoms. The maximum atomic E-state index is 13.1. The average Bonchev–Trinajstić information content (AvgIpc) is 2.83. The second kappa shape index (κ2) is 11.8. The van der Waals surface area contributed by atoms with Gasteiger partial charge in [0, 0.05) is 17.6 Å². The Morgan fingerprint density at radius 1 is 1.06 bits per heavy atom. The van der Waals surface area contributed by atoms with Gasteiger partial charge in [-0.25, -0.2) is 13.2 Å². The largest absolute Gasteiger partial charge is 0.462 e. The molecular weight excluding hydrogens is 486 g/mol. The summed E-state index contributed by atoms with van der Waals surface area (Å²) in [6.07, 6.45) is -0.0157. The number of aryl methyl sites for hydroxylation is 1. The molecule has 0 aliphatic heterocycles. The maximum absolute atomic E-state index is 13.1. The van der Waals surface area contributed by atoms with E-state index in [0.717, 1.165) is 11.1 Å². The summed E-state index contributed by atoms with van der Waals surface area (Å²) < 4.78 is 31.2. The van der Waals surface area contributed by atoms with Gasteiger partial charge in [0.15, 0.2) is 0 Å². The molecule has 2 atom stereocenters. The van der Waals surface area contributed by atoms with Crippen molar-refractivity contribution in [1.82, 2.24) is 5.32 Å². The topological polar surface area (TPSA) is 92.7 Å². The van der Waals surface area contributed by atoms with Crippen LogP contribution in [0.2, 0.25) is 5.02 Å². The molecule has 0 fully saturated rings. The van der Waals surface area contributed by atoms with Gasteiger partial charge >= 0.3 is 5.97 Å². The predicted molar refractivity (Wildman–Crippen MR) is 137 cm³/mol. The van der Waals surface area contributed by atoms with Gasteiger partial charge in [-0.1, -0.05) is 35.9 Å². The third kappa shape index (κ3) is 6.92. The van der Waals surface area contributed by atoms with Crippen molar-refractivity contribution in [1.29, 1.82) is 0 Å². The summed E-state index contributed by atoms with van der Waals surface area (Å²) >= 11 is 5.99. The molecule has 0 aliphatic rings. The third-order valence-corrected chi connectivity index (χ3v) is 7.67. The van der Waals surface area contributed by atoms with Crippen molar-refractivity contribution in [2.45, 2.75) is 49.1 Å². The molecule has 3 aromatic carbocycles. The van der Waals surface area contributed by atoms with Crippen LogP contribution in [0.1, 0.15) is 47.0 Å². The summed E-state index contributed by atoms with van der Waals surface area (Å²) in [5, 5.41) is 14.3. The van der Waals surface area contributed by atoms with Crippen LogP contribution in [-0.2, 0) is 21.0 Å². The zero-order valence-electron chi connectivity index (χ0n) is 20.0. The fraction of sp³-hybridized carbons (Fsp3) is 0.296. The summed E-state index contributed by atoms with van der Waals surface area (Å²) in [5.41, 5.74) is 2.61. The van der Waals surface area contributed by atoms with Gasteiger partial charge in [-0.2, -0.15) is 0 Å². The van der Waals surface area contributed by atoms with Crippen LogP contribution in [0.3, 0.4) is 0 Å². The number of rotatable bonds is 10. The van der Waals surface area contributed by atoms with Crippen LogP contribution in [0.15, 0.2) is 76.5 Å². The Balaban J connectivity index is 1.63. The van der Waals surface area contributed by atoms with Gasteiger partial charge in [-0.05, 0) is 86.3 Å². The van der Waals surface area contributed by atoms with Crippen LogP contribution in [0, 0.1) is 6.92 Å². The number of nitrogens with one attached hydrogen (secondary N) is 1. The molecular formula is C27H30ClNO5S. The van der Waals surface area contributed by atoms with Crippen molar-refractivity contribution in [2.24, 2.45) is 0 Å². The van der Waals surface area contributed by atoms with E-state index in [2.05, 4.69) is 5.32 Å². The first-order valence-electron chi connectivity index (χ1n) is 11.4. The summed E-state index contributed by atoms with van der Waals surface area (Å²) in [5.74, 6) is -0.471. The predicted octanol–water partition coefficient (Wildman–Crippen LogP) is 4.91. The summed E-state index contributed by atoms with van der Waals surface area (Å²) in [6.45, 7) is 6.03. The van der Waals surface area contributed by atoms with Gasteiger partial charge in [-0.3, -0.25) is 0 Å². The molecule has 0 amide bonds. The number of carbonyl (C=O) groups is 1. The Morgan fingerprint density at radius 2 is 1.74 bits per heavy atom. The molecule has 6 nitrogen and oxygen atoms in total. The van der Waals surface area contributed by atoms with Crippen molar-refractivity contribution in [2.75, 3.05) is 13.2 Å². The van der Waals surface area contributed by atoms with Gasteiger partial charge in [0.1, 0.15) is 0 Å². The summed E-state index contributed by atoms with van der Waals surface area (Å²) in [4.78, 5) is 12.3. The Kier molecular flexibility index (Phi) is 9.08. The van der Waals surface area contributed by atoms with E-state index in [1.54, 1.807) is 56.3 Å². The SMILES string of the molecule is CCOC(=O)c1ccc(S(=O)(=O)c2ccc(C[C@@H](C)NC[C@@H](O)c3cccc(Cl)c3)cc2)cc1C. The zero-order chi connectivity index (χ0) is 25.6. The van der Waals surface area contributed by atoms with Gasteiger partial charge in [0.2, 0.25) is 9.84 Å². The van der Waals surface area contributed by atoms with E-state index >= 15 is 0 Å². The van der Waals surface area contributed by atoms with Crippen LogP contribution in [0.5, 0.6) is 0 Å². The molecule has 0 spiro atoms. The summed E-state index contributed by atoms with van der Waals surface area (Å²) in [7, 11) is -3.73. The van der Waals surface area contributed by atoms with E-state index in [4.69, 9.17) is 16.3 Å². The highest BCUT2D eigenvalue weighted by molar-refractivity contribution is 7.91. The number of ether oxygens (including phenoxy) is 1. The minimum Gasteiger partial charge on any atom is -0.462 e. The first-order valence-corrected chi connectivity index (χ1v) is 13.3. The highest BCUT2D eigenvalue weighted by Crippen LogP contribution is 2.24. The number of halogens is 1. The van der Waals surface area contributed by atoms with E-state index in [-0.39, 0.29) is 22.4 Å². The lowest BCUT2D eigenvalue weighted by atomic mass is 10.1. The number of carbonyl (C=O) groups excluding carboxylic acids is 1. The lowest BCUT2D eigenvalue weighted by Gasteiger charge is -2.18. The highest BCUT2D eigenvalue weighted by Gasteiger charge is 2.20. The second-order valence-electron chi connectivity index (χ2n) is 8.43. The first kappa shape index (κ1) is 26.9. The Hall–Kier alpha value is -2.71. The van der Waals surface area contributed by atoms with Gasteiger partial charge in [0.05, 0.1) is 28.1 Å². The zero-order valence-corrected chi connectivity index (χ0v) is 21.6. The quantitative estimate of drug-likeness (QED) is 0.373. The fourth-order valence-corrected chi connectivity index (χ4v) is 5.30.